The molecule has 0 amide bonds. The summed E-state index contributed by atoms with van der Waals surface area (Å²) >= 11 is 0. The summed E-state index contributed by atoms with van der Waals surface area (Å²) in [6.45, 7) is 2.32. The van der Waals surface area contributed by atoms with Gasteiger partial charge in [0.15, 0.2) is 0 Å². The van der Waals surface area contributed by atoms with Crippen LogP contribution in [0.15, 0.2) is 36.4 Å². The molecule has 0 aromatic heterocycles. The minimum atomic E-state index is 0.747. The zero-order valence-corrected chi connectivity index (χ0v) is 12.5. The zero-order chi connectivity index (χ0) is 14.2. The molecule has 2 rings (SSSR count). The number of aryl methyl sites for hydroxylation is 1. The standard InChI is InChI=1S/C19H25N/c1-2-16-7-9-17(10-8-16)5-3-4-6-18-11-13-19(15-20)14-12-18/h3,5,11-14,16-17H,2,4,6-10H2,1H3/b5-3+. The third-order valence-electron chi connectivity index (χ3n) is 4.56. The molecule has 0 unspecified atom stereocenters. The number of rotatable bonds is 5. The monoisotopic (exact) mass is 267 g/mol. The van der Waals surface area contributed by atoms with Crippen LogP contribution in [0, 0.1) is 23.2 Å². The Hall–Kier alpha value is -1.55. The third kappa shape index (κ3) is 4.53. The molecule has 0 N–H and O–H groups in total. The molecule has 0 spiro atoms. The summed E-state index contributed by atoms with van der Waals surface area (Å²) in [4.78, 5) is 0. The fourth-order valence-electron chi connectivity index (χ4n) is 3.07. The molecule has 1 aromatic carbocycles. The number of nitriles is 1. The minimum Gasteiger partial charge on any atom is -0.192 e. The number of nitrogens with zero attached hydrogens (tertiary/aromatic N) is 1. The summed E-state index contributed by atoms with van der Waals surface area (Å²) in [5, 5.41) is 8.76. The lowest BCUT2D eigenvalue weighted by Gasteiger charge is -2.25. The summed E-state index contributed by atoms with van der Waals surface area (Å²) in [5.74, 6) is 1.80. The quantitative estimate of drug-likeness (QED) is 0.667. The van der Waals surface area contributed by atoms with Gasteiger partial charge in [0.2, 0.25) is 0 Å². The molecule has 1 aliphatic carbocycles. The van der Waals surface area contributed by atoms with E-state index in [1.165, 1.54) is 37.7 Å². The molecule has 0 saturated heterocycles. The average molecular weight is 267 g/mol. The number of hydrogen-bond acceptors (Lipinski definition) is 1. The Morgan fingerprint density at radius 3 is 2.45 bits per heavy atom. The third-order valence-corrected chi connectivity index (χ3v) is 4.56. The lowest BCUT2D eigenvalue weighted by molar-refractivity contribution is 0.303. The highest BCUT2D eigenvalue weighted by Gasteiger charge is 2.17. The predicted octanol–water partition coefficient (Wildman–Crippen LogP) is 5.26. The fraction of sp³-hybridized carbons (Fsp3) is 0.526. The molecule has 1 fully saturated rings. The first-order chi connectivity index (χ1) is 9.81. The summed E-state index contributed by atoms with van der Waals surface area (Å²) in [6.07, 6.45) is 13.9. The van der Waals surface area contributed by atoms with Gasteiger partial charge >= 0.3 is 0 Å². The molecule has 1 nitrogen and oxygen atoms in total. The van der Waals surface area contributed by atoms with Crippen LogP contribution in [0.4, 0.5) is 0 Å². The SMILES string of the molecule is CCC1CCC(/C=C/CCc2ccc(C#N)cc2)CC1. The largest absolute Gasteiger partial charge is 0.192 e. The van der Waals surface area contributed by atoms with Gasteiger partial charge in [0, 0.05) is 0 Å². The molecule has 1 aromatic rings. The van der Waals surface area contributed by atoms with E-state index in [1.54, 1.807) is 0 Å². The molecule has 0 bridgehead atoms. The topological polar surface area (TPSA) is 23.8 Å². The van der Waals surface area contributed by atoms with Crippen molar-refractivity contribution in [3.8, 4) is 6.07 Å². The second-order valence-corrected chi connectivity index (χ2v) is 5.96. The van der Waals surface area contributed by atoms with E-state index < -0.39 is 0 Å². The first-order valence-corrected chi connectivity index (χ1v) is 7.97. The second kappa shape index (κ2) is 7.90. The van der Waals surface area contributed by atoms with Crippen LogP contribution >= 0.6 is 0 Å². The van der Waals surface area contributed by atoms with Gasteiger partial charge in [0.05, 0.1) is 11.6 Å². The number of allylic oxidation sites excluding steroid dienone is 2. The van der Waals surface area contributed by atoms with Crippen LogP contribution in [-0.2, 0) is 6.42 Å². The fourth-order valence-corrected chi connectivity index (χ4v) is 3.07. The maximum atomic E-state index is 8.76. The number of hydrogen-bond donors (Lipinski definition) is 0. The molecule has 0 atom stereocenters. The summed E-state index contributed by atoms with van der Waals surface area (Å²) in [5.41, 5.74) is 2.07. The molecule has 1 saturated carbocycles. The van der Waals surface area contributed by atoms with E-state index in [4.69, 9.17) is 5.26 Å². The van der Waals surface area contributed by atoms with Crippen LogP contribution in [0.25, 0.3) is 0 Å². The van der Waals surface area contributed by atoms with E-state index in [0.29, 0.717) is 0 Å². The lowest BCUT2D eigenvalue weighted by atomic mass is 9.81. The zero-order valence-electron chi connectivity index (χ0n) is 12.5. The van der Waals surface area contributed by atoms with E-state index in [2.05, 4.69) is 37.3 Å². The Labute approximate surface area is 123 Å². The van der Waals surface area contributed by atoms with Crippen LogP contribution in [0.1, 0.15) is 56.6 Å². The maximum Gasteiger partial charge on any atom is 0.0991 e. The Bertz CT molecular complexity index is 456. The van der Waals surface area contributed by atoms with Crippen molar-refractivity contribution in [3.63, 3.8) is 0 Å². The van der Waals surface area contributed by atoms with Gasteiger partial charge < -0.3 is 0 Å². The summed E-state index contributed by atoms with van der Waals surface area (Å²) in [6, 6.07) is 10.1. The van der Waals surface area contributed by atoms with Crippen LogP contribution in [0.3, 0.4) is 0 Å². The molecule has 106 valence electrons. The Kier molecular flexibility index (Phi) is 5.87. The highest BCUT2D eigenvalue weighted by atomic mass is 14.2. The van der Waals surface area contributed by atoms with Crippen LogP contribution in [0.2, 0.25) is 0 Å². The van der Waals surface area contributed by atoms with Gasteiger partial charge in [-0.15, -0.1) is 0 Å². The van der Waals surface area contributed by atoms with E-state index in [0.717, 1.165) is 30.2 Å². The van der Waals surface area contributed by atoms with Crippen LogP contribution in [0.5, 0.6) is 0 Å². The summed E-state index contributed by atoms with van der Waals surface area (Å²) in [7, 11) is 0. The molecular formula is C19H25N. The first-order valence-electron chi connectivity index (χ1n) is 7.97. The van der Waals surface area contributed by atoms with Crippen LogP contribution < -0.4 is 0 Å². The van der Waals surface area contributed by atoms with Gasteiger partial charge in [-0.1, -0.05) is 37.6 Å². The van der Waals surface area contributed by atoms with Gasteiger partial charge in [-0.05, 0) is 68.1 Å². The molecule has 1 heteroatoms. The molecular weight excluding hydrogens is 242 g/mol. The molecule has 0 heterocycles. The normalized spacial score (nSPS) is 22.8. The van der Waals surface area contributed by atoms with Crippen molar-refractivity contribution in [2.45, 2.75) is 51.9 Å². The lowest BCUT2D eigenvalue weighted by Crippen LogP contribution is -2.12. The van der Waals surface area contributed by atoms with Gasteiger partial charge in [-0.25, -0.2) is 0 Å². The molecule has 0 radical (unpaired) electrons. The highest BCUT2D eigenvalue weighted by Crippen LogP contribution is 2.31. The maximum absolute atomic E-state index is 8.76. The van der Waals surface area contributed by atoms with Gasteiger partial charge in [-0.2, -0.15) is 5.26 Å². The van der Waals surface area contributed by atoms with E-state index in [9.17, 15) is 0 Å². The smallest absolute Gasteiger partial charge is 0.0991 e. The van der Waals surface area contributed by atoms with Gasteiger partial charge in [-0.3, -0.25) is 0 Å². The van der Waals surface area contributed by atoms with Crippen molar-refractivity contribution in [2.75, 3.05) is 0 Å². The summed E-state index contributed by atoms with van der Waals surface area (Å²) < 4.78 is 0. The van der Waals surface area contributed by atoms with Crippen molar-refractivity contribution >= 4 is 0 Å². The van der Waals surface area contributed by atoms with Gasteiger partial charge in [0.25, 0.3) is 0 Å². The van der Waals surface area contributed by atoms with Crippen molar-refractivity contribution < 1.29 is 0 Å². The molecule has 1 aliphatic rings. The highest BCUT2D eigenvalue weighted by molar-refractivity contribution is 5.31. The first kappa shape index (κ1) is 14.9. The Morgan fingerprint density at radius 2 is 1.85 bits per heavy atom. The van der Waals surface area contributed by atoms with Crippen molar-refractivity contribution in [1.82, 2.24) is 0 Å². The minimum absolute atomic E-state index is 0.747. The number of benzene rings is 1. The van der Waals surface area contributed by atoms with E-state index in [-0.39, 0.29) is 0 Å². The van der Waals surface area contributed by atoms with Crippen LogP contribution in [-0.4, -0.2) is 0 Å². The van der Waals surface area contributed by atoms with Crippen molar-refractivity contribution in [3.05, 3.63) is 47.5 Å². The predicted molar refractivity (Wildman–Crippen MR) is 84.4 cm³/mol. The molecule has 0 aliphatic heterocycles. The van der Waals surface area contributed by atoms with Crippen molar-refractivity contribution in [2.24, 2.45) is 11.8 Å². The van der Waals surface area contributed by atoms with E-state index in [1.807, 2.05) is 12.1 Å². The second-order valence-electron chi connectivity index (χ2n) is 5.96. The molecule has 20 heavy (non-hydrogen) atoms. The Morgan fingerprint density at radius 1 is 1.15 bits per heavy atom. The van der Waals surface area contributed by atoms with E-state index >= 15 is 0 Å². The van der Waals surface area contributed by atoms with Gasteiger partial charge in [0.1, 0.15) is 0 Å². The van der Waals surface area contributed by atoms with Crippen molar-refractivity contribution in [1.29, 1.82) is 5.26 Å². The average Bonchev–Trinajstić information content (AvgIpc) is 2.53. The Balaban J connectivity index is 1.70.